The number of amides is 1. The van der Waals surface area contributed by atoms with E-state index in [9.17, 15) is 13.6 Å². The number of aryl methyl sites for hydroxylation is 2. The summed E-state index contributed by atoms with van der Waals surface area (Å²) in [5.41, 5.74) is 1.81. The second-order valence-corrected chi connectivity index (χ2v) is 5.94. The van der Waals surface area contributed by atoms with E-state index in [-0.39, 0.29) is 18.0 Å². The molecule has 3 aromatic rings. The third-order valence-electron chi connectivity index (χ3n) is 4.09. The molecule has 0 spiro atoms. The van der Waals surface area contributed by atoms with E-state index in [1.54, 1.807) is 6.92 Å². The Hall–Kier alpha value is -3.22. The fraction of sp³-hybridized carbons (Fsp3) is 0.200. The molecule has 27 heavy (non-hydrogen) atoms. The van der Waals surface area contributed by atoms with Gasteiger partial charge in [0, 0.05) is 11.8 Å². The van der Waals surface area contributed by atoms with Crippen molar-refractivity contribution in [1.82, 2.24) is 5.16 Å². The van der Waals surface area contributed by atoms with Crippen molar-refractivity contribution in [2.24, 2.45) is 0 Å². The first-order valence-electron chi connectivity index (χ1n) is 8.41. The average molecular weight is 372 g/mol. The Morgan fingerprint density at radius 2 is 1.89 bits per heavy atom. The number of halogens is 2. The van der Waals surface area contributed by atoms with Crippen molar-refractivity contribution in [3.63, 3.8) is 0 Å². The maximum absolute atomic E-state index is 13.3. The topological polar surface area (TPSA) is 64.4 Å². The standard InChI is InChI=1S/C20H18F2N2O3/c1-3-13-4-7-15(8-5-13)26-11-16-12(2)27-24-19(16)20(25)23-14-6-9-17(21)18(22)10-14/h4-10H,3,11H2,1-2H3,(H,23,25). The lowest BCUT2D eigenvalue weighted by molar-refractivity contribution is 0.101. The first-order chi connectivity index (χ1) is 13.0. The molecule has 1 N–H and O–H groups in total. The van der Waals surface area contributed by atoms with Crippen LogP contribution >= 0.6 is 0 Å². The molecule has 7 heteroatoms. The van der Waals surface area contributed by atoms with Gasteiger partial charge < -0.3 is 14.6 Å². The van der Waals surface area contributed by atoms with Gasteiger partial charge in [-0.05, 0) is 43.2 Å². The second kappa shape index (κ2) is 7.99. The summed E-state index contributed by atoms with van der Waals surface area (Å²) in [6.45, 7) is 3.82. The lowest BCUT2D eigenvalue weighted by atomic mass is 10.1. The van der Waals surface area contributed by atoms with Crippen LogP contribution in [0.25, 0.3) is 0 Å². The molecule has 5 nitrogen and oxygen atoms in total. The maximum Gasteiger partial charge on any atom is 0.278 e. The largest absolute Gasteiger partial charge is 0.489 e. The molecule has 1 amide bonds. The number of hydrogen-bond acceptors (Lipinski definition) is 4. The van der Waals surface area contributed by atoms with Crippen LogP contribution in [-0.4, -0.2) is 11.1 Å². The van der Waals surface area contributed by atoms with Gasteiger partial charge in [-0.2, -0.15) is 0 Å². The summed E-state index contributed by atoms with van der Waals surface area (Å²) >= 11 is 0. The van der Waals surface area contributed by atoms with Crippen LogP contribution in [0.5, 0.6) is 5.75 Å². The van der Waals surface area contributed by atoms with E-state index in [1.807, 2.05) is 24.3 Å². The SMILES string of the molecule is CCc1ccc(OCc2c(C(=O)Nc3ccc(F)c(F)c3)noc2C)cc1. The average Bonchev–Trinajstić information content (AvgIpc) is 3.04. The van der Waals surface area contributed by atoms with Gasteiger partial charge in [-0.1, -0.05) is 24.2 Å². The number of nitrogens with zero attached hydrogens (tertiary/aromatic N) is 1. The molecule has 0 unspecified atom stereocenters. The fourth-order valence-electron chi connectivity index (χ4n) is 2.48. The molecule has 0 aliphatic rings. The van der Waals surface area contributed by atoms with Crippen LogP contribution in [0, 0.1) is 18.6 Å². The molecular formula is C20H18F2N2O3. The van der Waals surface area contributed by atoms with E-state index in [4.69, 9.17) is 9.26 Å². The van der Waals surface area contributed by atoms with Gasteiger partial charge in [0.25, 0.3) is 5.91 Å². The number of carbonyl (C=O) groups excluding carboxylic acids is 1. The zero-order chi connectivity index (χ0) is 19.4. The molecule has 1 aromatic heterocycles. The van der Waals surface area contributed by atoms with E-state index >= 15 is 0 Å². The van der Waals surface area contributed by atoms with Gasteiger partial charge in [0.1, 0.15) is 18.1 Å². The molecule has 0 saturated heterocycles. The summed E-state index contributed by atoms with van der Waals surface area (Å²) in [4.78, 5) is 12.4. The number of nitrogens with one attached hydrogen (secondary N) is 1. The maximum atomic E-state index is 13.3. The highest BCUT2D eigenvalue weighted by Gasteiger charge is 2.21. The van der Waals surface area contributed by atoms with Crippen LogP contribution in [0.2, 0.25) is 0 Å². The van der Waals surface area contributed by atoms with Crippen molar-refractivity contribution >= 4 is 11.6 Å². The summed E-state index contributed by atoms with van der Waals surface area (Å²) in [7, 11) is 0. The summed E-state index contributed by atoms with van der Waals surface area (Å²) in [5.74, 6) is -1.55. The molecule has 0 aliphatic heterocycles. The lowest BCUT2D eigenvalue weighted by Crippen LogP contribution is -2.15. The normalized spacial score (nSPS) is 10.7. The summed E-state index contributed by atoms with van der Waals surface area (Å²) in [5, 5.41) is 6.23. The molecule has 140 valence electrons. The van der Waals surface area contributed by atoms with Gasteiger partial charge in [0.05, 0.1) is 5.56 Å². The van der Waals surface area contributed by atoms with Crippen molar-refractivity contribution in [1.29, 1.82) is 0 Å². The van der Waals surface area contributed by atoms with Gasteiger partial charge in [-0.25, -0.2) is 8.78 Å². The van der Waals surface area contributed by atoms with E-state index in [1.165, 1.54) is 11.6 Å². The summed E-state index contributed by atoms with van der Waals surface area (Å²) in [6, 6.07) is 10.7. The Labute approximate surface area is 154 Å². The quantitative estimate of drug-likeness (QED) is 0.684. The smallest absolute Gasteiger partial charge is 0.278 e. The van der Waals surface area contributed by atoms with Crippen LogP contribution in [0.1, 0.15) is 34.3 Å². The molecule has 0 fully saturated rings. The molecule has 0 radical (unpaired) electrons. The molecule has 3 rings (SSSR count). The van der Waals surface area contributed by atoms with Gasteiger partial charge in [0.2, 0.25) is 0 Å². The Morgan fingerprint density at radius 1 is 1.15 bits per heavy atom. The minimum absolute atomic E-state index is 0.0300. The van der Waals surface area contributed by atoms with Crippen LogP contribution in [0.3, 0.4) is 0 Å². The highest BCUT2D eigenvalue weighted by atomic mass is 19.2. The zero-order valence-electron chi connectivity index (χ0n) is 14.9. The highest BCUT2D eigenvalue weighted by Crippen LogP contribution is 2.20. The Balaban J connectivity index is 1.72. The first kappa shape index (κ1) is 18.6. The van der Waals surface area contributed by atoms with Crippen molar-refractivity contribution < 1.29 is 22.8 Å². The fourth-order valence-corrected chi connectivity index (χ4v) is 2.48. The minimum atomic E-state index is -1.05. The number of anilines is 1. The van der Waals surface area contributed by atoms with Gasteiger partial charge in [0.15, 0.2) is 17.3 Å². The number of hydrogen-bond donors (Lipinski definition) is 1. The first-order valence-corrected chi connectivity index (χ1v) is 8.41. The number of rotatable bonds is 6. The Morgan fingerprint density at radius 3 is 2.56 bits per heavy atom. The molecule has 0 bridgehead atoms. The highest BCUT2D eigenvalue weighted by molar-refractivity contribution is 6.03. The van der Waals surface area contributed by atoms with Crippen LogP contribution in [0.4, 0.5) is 14.5 Å². The second-order valence-electron chi connectivity index (χ2n) is 5.94. The van der Waals surface area contributed by atoms with Crippen LogP contribution in [0.15, 0.2) is 47.0 Å². The predicted octanol–water partition coefficient (Wildman–Crippen LogP) is 4.65. The molecule has 0 atom stereocenters. The Kier molecular flexibility index (Phi) is 5.49. The van der Waals surface area contributed by atoms with Gasteiger partial charge in [-0.3, -0.25) is 4.79 Å². The van der Waals surface area contributed by atoms with Crippen molar-refractivity contribution in [3.8, 4) is 5.75 Å². The third kappa shape index (κ3) is 4.31. The molecular weight excluding hydrogens is 354 g/mol. The van der Waals surface area contributed by atoms with Gasteiger partial charge in [-0.15, -0.1) is 0 Å². The van der Waals surface area contributed by atoms with Crippen LogP contribution < -0.4 is 10.1 Å². The molecule has 0 saturated carbocycles. The van der Waals surface area contributed by atoms with E-state index < -0.39 is 17.5 Å². The summed E-state index contributed by atoms with van der Waals surface area (Å²) < 4.78 is 37.1. The van der Waals surface area contributed by atoms with Crippen molar-refractivity contribution in [2.45, 2.75) is 26.9 Å². The molecule has 0 aliphatic carbocycles. The van der Waals surface area contributed by atoms with E-state index in [2.05, 4.69) is 17.4 Å². The number of ether oxygens (including phenoxy) is 1. The van der Waals surface area contributed by atoms with Crippen molar-refractivity contribution in [3.05, 3.63) is 76.7 Å². The Bertz CT molecular complexity index is 952. The molecule has 2 aromatic carbocycles. The summed E-state index contributed by atoms with van der Waals surface area (Å²) in [6.07, 6.45) is 0.930. The monoisotopic (exact) mass is 372 g/mol. The van der Waals surface area contributed by atoms with Gasteiger partial charge >= 0.3 is 0 Å². The number of carbonyl (C=O) groups is 1. The third-order valence-corrected chi connectivity index (χ3v) is 4.09. The minimum Gasteiger partial charge on any atom is -0.489 e. The molecule has 1 heterocycles. The van der Waals surface area contributed by atoms with Crippen molar-refractivity contribution in [2.75, 3.05) is 5.32 Å². The zero-order valence-corrected chi connectivity index (χ0v) is 14.9. The van der Waals surface area contributed by atoms with Crippen LogP contribution in [-0.2, 0) is 13.0 Å². The lowest BCUT2D eigenvalue weighted by Gasteiger charge is -2.08. The van der Waals surface area contributed by atoms with E-state index in [0.29, 0.717) is 17.1 Å². The van der Waals surface area contributed by atoms with E-state index in [0.717, 1.165) is 18.6 Å². The number of aromatic nitrogens is 1. The predicted molar refractivity (Wildman–Crippen MR) is 95.7 cm³/mol. The number of benzene rings is 2.